The number of halogens is 1. The van der Waals surface area contributed by atoms with Crippen molar-refractivity contribution >= 4 is 40.8 Å². The van der Waals surface area contributed by atoms with Gasteiger partial charge in [0.05, 0.1) is 11.1 Å². The Hall–Kier alpha value is 0.710. The van der Waals surface area contributed by atoms with E-state index in [9.17, 15) is 0 Å². The number of hydrogen-bond donors (Lipinski definition) is 0. The van der Waals surface area contributed by atoms with Gasteiger partial charge in [0, 0.05) is 13.7 Å². The van der Waals surface area contributed by atoms with Crippen LogP contribution < -0.4 is 0 Å². The number of methoxy groups -OCH3 is 1. The third-order valence-electron chi connectivity index (χ3n) is 1.91. The summed E-state index contributed by atoms with van der Waals surface area (Å²) >= 11 is 1.78. The number of aliphatic imine (C=N–C) groups is 1. The fourth-order valence-electron chi connectivity index (χ4n) is 1.24. The molecule has 0 aromatic carbocycles. The Bertz CT molecular complexity index is 152. The van der Waals surface area contributed by atoms with Crippen LogP contribution in [-0.2, 0) is 4.74 Å². The van der Waals surface area contributed by atoms with E-state index in [1.165, 1.54) is 17.9 Å². The van der Waals surface area contributed by atoms with Gasteiger partial charge in [-0.1, -0.05) is 0 Å². The van der Waals surface area contributed by atoms with E-state index in [0.717, 1.165) is 13.0 Å². The van der Waals surface area contributed by atoms with Crippen LogP contribution in [0.25, 0.3) is 0 Å². The van der Waals surface area contributed by atoms with Crippen LogP contribution in [0.15, 0.2) is 4.99 Å². The maximum Gasteiger partial charge on any atom is 0.0677 e. The molecule has 1 heterocycles. The third kappa shape index (κ3) is 4.09. The molecule has 1 atom stereocenters. The number of rotatable bonds is 3. The van der Waals surface area contributed by atoms with E-state index in [4.69, 9.17) is 4.74 Å². The minimum Gasteiger partial charge on any atom is -0.385 e. The molecule has 4 heteroatoms. The van der Waals surface area contributed by atoms with E-state index in [1.807, 2.05) is 0 Å². The zero-order valence-electron chi connectivity index (χ0n) is 7.58. The molecule has 0 saturated heterocycles. The van der Waals surface area contributed by atoms with Gasteiger partial charge in [0.15, 0.2) is 0 Å². The topological polar surface area (TPSA) is 21.6 Å². The second-order valence-electron chi connectivity index (χ2n) is 2.70. The van der Waals surface area contributed by atoms with Crippen LogP contribution in [0.2, 0.25) is 0 Å². The molecule has 0 saturated carbocycles. The van der Waals surface area contributed by atoms with Crippen LogP contribution in [0.1, 0.15) is 19.3 Å². The van der Waals surface area contributed by atoms with E-state index >= 15 is 0 Å². The number of thioether (sulfide) groups is 1. The van der Waals surface area contributed by atoms with Crippen molar-refractivity contribution in [2.45, 2.75) is 25.3 Å². The molecule has 0 unspecified atom stereocenters. The largest absolute Gasteiger partial charge is 0.385 e. The van der Waals surface area contributed by atoms with Crippen molar-refractivity contribution in [2.24, 2.45) is 4.99 Å². The molecule has 0 aromatic rings. The fraction of sp³-hybridized carbons (Fsp3) is 0.875. The van der Waals surface area contributed by atoms with Crippen LogP contribution in [0.3, 0.4) is 0 Å². The Labute approximate surface area is 95.6 Å². The first-order chi connectivity index (χ1) is 5.36. The highest BCUT2D eigenvalue weighted by atomic mass is 127. The van der Waals surface area contributed by atoms with Gasteiger partial charge in [0.1, 0.15) is 0 Å². The summed E-state index contributed by atoms with van der Waals surface area (Å²) in [6.07, 6.45) is 5.58. The molecule has 0 bridgehead atoms. The first-order valence-electron chi connectivity index (χ1n) is 3.96. The average Bonchev–Trinajstić information content (AvgIpc) is 2.48. The molecule has 72 valence electrons. The summed E-state index contributed by atoms with van der Waals surface area (Å²) in [5, 5.41) is 1.31. The second kappa shape index (κ2) is 7.15. The van der Waals surface area contributed by atoms with E-state index < -0.39 is 0 Å². The van der Waals surface area contributed by atoms with E-state index in [2.05, 4.69) is 11.2 Å². The molecule has 0 radical (unpaired) electrons. The van der Waals surface area contributed by atoms with Crippen molar-refractivity contribution in [1.82, 2.24) is 0 Å². The Morgan fingerprint density at radius 1 is 1.67 bits per heavy atom. The summed E-state index contributed by atoms with van der Waals surface area (Å²) in [6, 6.07) is 0.539. The highest BCUT2D eigenvalue weighted by Crippen LogP contribution is 2.21. The summed E-state index contributed by atoms with van der Waals surface area (Å²) < 4.78 is 5.00. The van der Waals surface area contributed by atoms with Crippen molar-refractivity contribution in [3.05, 3.63) is 0 Å². The van der Waals surface area contributed by atoms with Gasteiger partial charge in [-0.05, 0) is 25.5 Å². The van der Waals surface area contributed by atoms with Gasteiger partial charge in [-0.3, -0.25) is 4.99 Å². The van der Waals surface area contributed by atoms with Crippen molar-refractivity contribution in [3.8, 4) is 0 Å². The van der Waals surface area contributed by atoms with Crippen molar-refractivity contribution in [2.75, 3.05) is 20.0 Å². The summed E-state index contributed by atoms with van der Waals surface area (Å²) in [6.45, 7) is 0.843. The Kier molecular flexibility index (Phi) is 7.57. The first kappa shape index (κ1) is 12.7. The highest BCUT2D eigenvalue weighted by molar-refractivity contribution is 14.0. The lowest BCUT2D eigenvalue weighted by Crippen LogP contribution is -2.03. The third-order valence-corrected chi connectivity index (χ3v) is 2.69. The molecule has 0 fully saturated rings. The number of hydrogen-bond acceptors (Lipinski definition) is 3. The summed E-state index contributed by atoms with van der Waals surface area (Å²) in [4.78, 5) is 4.54. The summed E-state index contributed by atoms with van der Waals surface area (Å²) in [5.41, 5.74) is 0. The van der Waals surface area contributed by atoms with Crippen LogP contribution >= 0.6 is 35.7 Å². The Morgan fingerprint density at radius 2 is 2.42 bits per heavy atom. The molecular weight excluding hydrogens is 285 g/mol. The lowest BCUT2D eigenvalue weighted by atomic mass is 10.2. The predicted octanol–water partition coefficient (Wildman–Crippen LogP) is 2.56. The predicted molar refractivity (Wildman–Crippen MR) is 65.9 cm³/mol. The van der Waals surface area contributed by atoms with E-state index in [1.54, 1.807) is 18.9 Å². The molecule has 0 aliphatic carbocycles. The zero-order chi connectivity index (χ0) is 8.10. The highest BCUT2D eigenvalue weighted by Gasteiger charge is 2.15. The molecule has 2 nitrogen and oxygen atoms in total. The first-order valence-corrected chi connectivity index (χ1v) is 5.19. The quantitative estimate of drug-likeness (QED) is 0.747. The fourth-order valence-corrected chi connectivity index (χ4v) is 1.82. The Morgan fingerprint density at radius 3 is 2.92 bits per heavy atom. The molecule has 12 heavy (non-hydrogen) atoms. The molecule has 0 aromatic heterocycles. The van der Waals surface area contributed by atoms with Gasteiger partial charge in [-0.2, -0.15) is 0 Å². The maximum absolute atomic E-state index is 5.00. The smallest absolute Gasteiger partial charge is 0.0677 e. The lowest BCUT2D eigenvalue weighted by Gasteiger charge is -2.03. The zero-order valence-corrected chi connectivity index (χ0v) is 10.7. The summed E-state index contributed by atoms with van der Waals surface area (Å²) in [7, 11) is 1.74. The van der Waals surface area contributed by atoms with Crippen LogP contribution in [0, 0.1) is 0 Å². The molecular formula is C8H16INOS. The van der Waals surface area contributed by atoms with E-state index in [0.29, 0.717) is 6.04 Å². The standard InChI is InChI=1S/C8H15NOS.HI/c1-10-6-5-7-3-4-8(9-7)11-2;/h7H,3-6H2,1-2H3;1H/t7-;/m1./s1. The molecule has 1 aliphatic rings. The number of nitrogens with zero attached hydrogens (tertiary/aromatic N) is 1. The van der Waals surface area contributed by atoms with Gasteiger partial charge in [-0.15, -0.1) is 35.7 Å². The van der Waals surface area contributed by atoms with Gasteiger partial charge in [0.25, 0.3) is 0 Å². The molecule has 0 spiro atoms. The Balaban J connectivity index is 0.00000121. The minimum absolute atomic E-state index is 0. The normalized spacial score (nSPS) is 21.8. The van der Waals surface area contributed by atoms with Gasteiger partial charge in [0.2, 0.25) is 0 Å². The average molecular weight is 301 g/mol. The van der Waals surface area contributed by atoms with E-state index in [-0.39, 0.29) is 24.0 Å². The van der Waals surface area contributed by atoms with Crippen molar-refractivity contribution in [3.63, 3.8) is 0 Å². The van der Waals surface area contributed by atoms with Crippen LogP contribution in [0.5, 0.6) is 0 Å². The lowest BCUT2D eigenvalue weighted by molar-refractivity contribution is 0.188. The molecule has 1 rings (SSSR count). The van der Waals surface area contributed by atoms with Gasteiger partial charge < -0.3 is 4.74 Å². The summed E-state index contributed by atoms with van der Waals surface area (Å²) in [5.74, 6) is 0. The second-order valence-corrected chi connectivity index (χ2v) is 3.58. The van der Waals surface area contributed by atoms with Gasteiger partial charge >= 0.3 is 0 Å². The monoisotopic (exact) mass is 301 g/mol. The minimum atomic E-state index is 0. The molecule has 0 N–H and O–H groups in total. The molecule has 0 amide bonds. The van der Waals surface area contributed by atoms with Crippen molar-refractivity contribution < 1.29 is 4.74 Å². The van der Waals surface area contributed by atoms with Crippen LogP contribution in [-0.4, -0.2) is 31.1 Å². The van der Waals surface area contributed by atoms with Crippen LogP contribution in [0.4, 0.5) is 0 Å². The molecule has 1 aliphatic heterocycles. The number of ether oxygens (including phenoxy) is 1. The maximum atomic E-state index is 5.00. The SMILES string of the molecule is COCC[C@H]1CCC(SC)=N1.I. The van der Waals surface area contributed by atoms with Crippen molar-refractivity contribution in [1.29, 1.82) is 0 Å². The van der Waals surface area contributed by atoms with Gasteiger partial charge in [-0.25, -0.2) is 0 Å².